The van der Waals surface area contributed by atoms with Crippen LogP contribution in [0.25, 0.3) is 0 Å². The van der Waals surface area contributed by atoms with Gasteiger partial charge in [0.1, 0.15) is 5.75 Å². The molecule has 2 aromatic rings. The predicted octanol–water partition coefficient (Wildman–Crippen LogP) is 6.01. The maximum Gasteiger partial charge on any atom is 0.490 e. The Hall–Kier alpha value is -3.07. The molecule has 2 aromatic carbocycles. The summed E-state index contributed by atoms with van der Waals surface area (Å²) in [4.78, 5) is 22.7. The summed E-state index contributed by atoms with van der Waals surface area (Å²) < 4.78 is 42.3. The Labute approximate surface area is 211 Å². The lowest BCUT2D eigenvalue weighted by molar-refractivity contribution is -0.192. The SMILES string of the molecule is COC(=O)CCCCN(Cc1ccc(C)cc1)Cc1ccc(OCC(C)C)cc1.O=C(O)C(F)(F)F. The molecule has 0 spiro atoms. The molecule has 36 heavy (non-hydrogen) atoms. The van der Waals surface area contributed by atoms with Crippen LogP contribution in [0.3, 0.4) is 0 Å². The first-order valence-corrected chi connectivity index (χ1v) is 11.8. The van der Waals surface area contributed by atoms with E-state index < -0.39 is 12.1 Å². The van der Waals surface area contributed by atoms with Crippen molar-refractivity contribution in [2.45, 2.75) is 59.3 Å². The monoisotopic (exact) mass is 511 g/mol. The van der Waals surface area contributed by atoms with Crippen molar-refractivity contribution in [3.63, 3.8) is 0 Å². The van der Waals surface area contributed by atoms with Crippen molar-refractivity contribution >= 4 is 11.9 Å². The van der Waals surface area contributed by atoms with Crippen molar-refractivity contribution in [1.29, 1.82) is 0 Å². The van der Waals surface area contributed by atoms with Gasteiger partial charge >= 0.3 is 18.1 Å². The Morgan fingerprint density at radius 2 is 1.44 bits per heavy atom. The predicted molar refractivity (Wildman–Crippen MR) is 132 cm³/mol. The van der Waals surface area contributed by atoms with E-state index in [1.807, 2.05) is 0 Å². The van der Waals surface area contributed by atoms with Gasteiger partial charge in [0, 0.05) is 19.5 Å². The van der Waals surface area contributed by atoms with Crippen LogP contribution in [-0.2, 0) is 27.4 Å². The third-order valence-corrected chi connectivity index (χ3v) is 5.02. The van der Waals surface area contributed by atoms with E-state index in [1.165, 1.54) is 23.8 Å². The molecule has 1 N–H and O–H groups in total. The lowest BCUT2D eigenvalue weighted by Crippen LogP contribution is -2.24. The van der Waals surface area contributed by atoms with Crippen LogP contribution in [0.4, 0.5) is 13.2 Å². The van der Waals surface area contributed by atoms with Gasteiger partial charge in [0.2, 0.25) is 0 Å². The van der Waals surface area contributed by atoms with Crippen LogP contribution in [0.2, 0.25) is 0 Å². The summed E-state index contributed by atoms with van der Waals surface area (Å²) in [5.41, 5.74) is 3.85. The van der Waals surface area contributed by atoms with Gasteiger partial charge in [-0.1, -0.05) is 55.8 Å². The van der Waals surface area contributed by atoms with Crippen LogP contribution in [0.1, 0.15) is 49.8 Å². The van der Waals surface area contributed by atoms with Crippen LogP contribution in [0.5, 0.6) is 5.75 Å². The molecular formula is C27H36F3NO5. The summed E-state index contributed by atoms with van der Waals surface area (Å²) in [6.07, 6.45) is -2.79. The highest BCUT2D eigenvalue weighted by molar-refractivity contribution is 5.73. The van der Waals surface area contributed by atoms with Crippen molar-refractivity contribution in [2.24, 2.45) is 5.92 Å². The smallest absolute Gasteiger partial charge is 0.490 e. The van der Waals surface area contributed by atoms with Crippen LogP contribution in [0.15, 0.2) is 48.5 Å². The molecule has 2 rings (SSSR count). The minimum absolute atomic E-state index is 0.132. The summed E-state index contributed by atoms with van der Waals surface area (Å²) in [5, 5.41) is 7.12. The molecule has 0 radical (unpaired) electrons. The van der Waals surface area contributed by atoms with E-state index >= 15 is 0 Å². The molecule has 6 nitrogen and oxygen atoms in total. The van der Waals surface area contributed by atoms with Crippen molar-refractivity contribution < 1.29 is 37.3 Å². The Balaban J connectivity index is 0.000000809. The van der Waals surface area contributed by atoms with E-state index in [-0.39, 0.29) is 5.97 Å². The summed E-state index contributed by atoms with van der Waals surface area (Å²) >= 11 is 0. The minimum Gasteiger partial charge on any atom is -0.493 e. The number of carboxylic acid groups (broad SMARTS) is 1. The molecule has 0 aliphatic heterocycles. The molecule has 0 fully saturated rings. The molecule has 0 aromatic heterocycles. The van der Waals surface area contributed by atoms with E-state index in [4.69, 9.17) is 19.4 Å². The molecule has 0 unspecified atom stereocenters. The lowest BCUT2D eigenvalue weighted by atomic mass is 10.1. The van der Waals surface area contributed by atoms with Gasteiger partial charge in [-0.15, -0.1) is 0 Å². The van der Waals surface area contributed by atoms with E-state index in [1.54, 1.807) is 0 Å². The van der Waals surface area contributed by atoms with E-state index in [0.29, 0.717) is 12.3 Å². The van der Waals surface area contributed by atoms with Crippen molar-refractivity contribution in [3.8, 4) is 5.75 Å². The fraction of sp³-hybridized carbons (Fsp3) is 0.481. The molecule has 0 amide bonds. The number of hydrogen-bond donors (Lipinski definition) is 1. The van der Waals surface area contributed by atoms with Gasteiger partial charge < -0.3 is 14.6 Å². The summed E-state index contributed by atoms with van der Waals surface area (Å²) in [6, 6.07) is 17.1. The molecule has 200 valence electrons. The molecule has 0 aliphatic carbocycles. The fourth-order valence-electron chi connectivity index (χ4n) is 3.08. The zero-order valence-electron chi connectivity index (χ0n) is 21.3. The number of hydrogen-bond acceptors (Lipinski definition) is 5. The van der Waals surface area contributed by atoms with Gasteiger partial charge in [0.25, 0.3) is 0 Å². The second-order valence-electron chi connectivity index (χ2n) is 8.88. The number of alkyl halides is 3. The van der Waals surface area contributed by atoms with Crippen LogP contribution < -0.4 is 4.74 Å². The maximum absolute atomic E-state index is 11.3. The quantitative estimate of drug-likeness (QED) is 0.278. The van der Waals surface area contributed by atoms with Gasteiger partial charge in [-0.25, -0.2) is 4.79 Å². The van der Waals surface area contributed by atoms with Crippen molar-refractivity contribution in [3.05, 3.63) is 65.2 Å². The zero-order valence-corrected chi connectivity index (χ0v) is 21.3. The second kappa shape index (κ2) is 15.8. The number of unbranched alkanes of at least 4 members (excludes halogenated alkanes) is 1. The first kappa shape index (κ1) is 31.0. The number of aliphatic carboxylic acids is 1. The number of benzene rings is 2. The molecule has 0 aliphatic rings. The largest absolute Gasteiger partial charge is 0.493 e. The molecular weight excluding hydrogens is 475 g/mol. The van der Waals surface area contributed by atoms with Gasteiger partial charge in [-0.3, -0.25) is 9.69 Å². The Kier molecular flexibility index (Phi) is 13.6. The highest BCUT2D eigenvalue weighted by atomic mass is 19.4. The number of ether oxygens (including phenoxy) is 2. The van der Waals surface area contributed by atoms with E-state index in [9.17, 15) is 18.0 Å². The summed E-state index contributed by atoms with van der Waals surface area (Å²) in [5.74, 6) is -1.45. The van der Waals surface area contributed by atoms with Gasteiger partial charge in [0.15, 0.2) is 0 Å². The van der Waals surface area contributed by atoms with E-state index in [0.717, 1.165) is 44.8 Å². The number of carbonyl (C=O) groups excluding carboxylic acids is 1. The highest BCUT2D eigenvalue weighted by Gasteiger charge is 2.38. The van der Waals surface area contributed by atoms with Crippen molar-refractivity contribution in [2.75, 3.05) is 20.3 Å². The number of esters is 1. The topological polar surface area (TPSA) is 76.1 Å². The fourth-order valence-corrected chi connectivity index (χ4v) is 3.08. The van der Waals surface area contributed by atoms with Crippen LogP contribution in [0, 0.1) is 12.8 Å². The number of rotatable bonds is 12. The minimum atomic E-state index is -5.08. The number of carbonyl (C=O) groups is 2. The van der Waals surface area contributed by atoms with Gasteiger partial charge in [-0.05, 0) is 55.5 Å². The lowest BCUT2D eigenvalue weighted by Gasteiger charge is -2.23. The summed E-state index contributed by atoms with van der Waals surface area (Å²) in [6.45, 7) is 9.85. The maximum atomic E-state index is 11.3. The van der Waals surface area contributed by atoms with Gasteiger partial charge in [0.05, 0.1) is 13.7 Å². The number of halogens is 3. The number of carboxylic acids is 1. The standard InChI is InChI=1S/C25H35NO3.C2HF3O2/c1-20(2)19-29-24-14-12-23(13-15-24)18-26(16-6-5-7-25(27)28-4)17-22-10-8-21(3)9-11-22;3-2(4,5)1(6)7/h8-15,20H,5-7,16-19H2,1-4H3;(H,6,7). The number of nitrogens with zero attached hydrogens (tertiary/aromatic N) is 1. The molecule has 0 saturated heterocycles. The molecule has 0 bridgehead atoms. The average Bonchev–Trinajstić information content (AvgIpc) is 2.82. The van der Waals surface area contributed by atoms with Gasteiger partial charge in [-0.2, -0.15) is 13.2 Å². The first-order valence-electron chi connectivity index (χ1n) is 11.8. The molecule has 0 atom stereocenters. The Bertz CT molecular complexity index is 913. The Morgan fingerprint density at radius 3 is 1.89 bits per heavy atom. The van der Waals surface area contributed by atoms with Crippen LogP contribution in [-0.4, -0.2) is 48.4 Å². The average molecular weight is 512 g/mol. The normalized spacial score (nSPS) is 11.1. The summed E-state index contributed by atoms with van der Waals surface area (Å²) in [7, 11) is 1.45. The third kappa shape index (κ3) is 13.7. The second-order valence-corrected chi connectivity index (χ2v) is 8.88. The number of aryl methyl sites for hydroxylation is 1. The Morgan fingerprint density at radius 1 is 0.944 bits per heavy atom. The molecule has 9 heteroatoms. The van der Waals surface area contributed by atoms with Crippen molar-refractivity contribution in [1.82, 2.24) is 4.90 Å². The molecule has 0 heterocycles. The molecule has 0 saturated carbocycles. The highest BCUT2D eigenvalue weighted by Crippen LogP contribution is 2.17. The third-order valence-electron chi connectivity index (χ3n) is 5.02. The van der Waals surface area contributed by atoms with E-state index in [2.05, 4.69) is 74.2 Å². The zero-order chi connectivity index (χ0) is 27.1. The van der Waals surface area contributed by atoms with Crippen LogP contribution >= 0.6 is 0 Å². The first-order chi connectivity index (χ1) is 16.9. The number of methoxy groups -OCH3 is 1.